The second-order valence-corrected chi connectivity index (χ2v) is 7.61. The zero-order valence-electron chi connectivity index (χ0n) is 15.5. The Balaban J connectivity index is 1.70. The molecule has 0 unspecified atom stereocenters. The van der Waals surface area contributed by atoms with Crippen molar-refractivity contribution in [2.75, 3.05) is 11.5 Å². The minimum absolute atomic E-state index is 0.0905. The van der Waals surface area contributed by atoms with E-state index >= 15 is 0 Å². The van der Waals surface area contributed by atoms with Gasteiger partial charge in [0.2, 0.25) is 11.9 Å². The molecular formula is C18H26N6O2. The van der Waals surface area contributed by atoms with Crippen LogP contribution in [0.4, 0.5) is 16.7 Å². The van der Waals surface area contributed by atoms with Crippen LogP contribution in [0.25, 0.3) is 5.69 Å². The molecule has 1 aromatic carbocycles. The number of ether oxygens (including phenoxy) is 1. The molecule has 1 aliphatic carbocycles. The number of aryl methyl sites for hydroxylation is 2. The van der Waals surface area contributed by atoms with E-state index in [-0.39, 0.29) is 24.0 Å². The molecule has 1 atom stereocenters. The summed E-state index contributed by atoms with van der Waals surface area (Å²) in [5.41, 5.74) is 14.3. The summed E-state index contributed by atoms with van der Waals surface area (Å²) >= 11 is 0. The number of nitrogens with zero attached hydrogens (tertiary/aromatic N) is 3. The maximum atomic E-state index is 12.0. The van der Waals surface area contributed by atoms with Crippen LogP contribution in [-0.2, 0) is 17.6 Å². The molecule has 1 aromatic heterocycles. The van der Waals surface area contributed by atoms with Crippen molar-refractivity contribution in [2.24, 2.45) is 0 Å². The van der Waals surface area contributed by atoms with Crippen molar-refractivity contribution in [1.82, 2.24) is 20.1 Å². The van der Waals surface area contributed by atoms with Crippen LogP contribution < -0.4 is 16.8 Å². The van der Waals surface area contributed by atoms with E-state index in [1.165, 1.54) is 15.8 Å². The molecular weight excluding hydrogens is 332 g/mol. The lowest BCUT2D eigenvalue weighted by molar-refractivity contribution is 0.0500. The quantitative estimate of drug-likeness (QED) is 0.708. The highest BCUT2D eigenvalue weighted by Crippen LogP contribution is 2.24. The number of benzene rings is 1. The lowest BCUT2D eigenvalue weighted by Crippen LogP contribution is -2.39. The minimum Gasteiger partial charge on any atom is -0.444 e. The van der Waals surface area contributed by atoms with Gasteiger partial charge in [0.05, 0.1) is 5.69 Å². The summed E-state index contributed by atoms with van der Waals surface area (Å²) < 4.78 is 6.90. The fraction of sp³-hybridized carbons (Fsp3) is 0.500. The summed E-state index contributed by atoms with van der Waals surface area (Å²) in [6.45, 7) is 5.58. The Morgan fingerprint density at radius 1 is 1.23 bits per heavy atom. The van der Waals surface area contributed by atoms with Crippen LogP contribution in [0.15, 0.2) is 18.2 Å². The van der Waals surface area contributed by atoms with Crippen LogP contribution in [-0.4, -0.2) is 32.5 Å². The average molecular weight is 358 g/mol. The second kappa shape index (κ2) is 6.86. The van der Waals surface area contributed by atoms with E-state index in [1.807, 2.05) is 26.8 Å². The first kappa shape index (κ1) is 18.0. The SMILES string of the molecule is CC(C)(C)OC(=O)N[C@H]1CCc2ccc(-n3nc(N)nc3N)cc2CC1. The van der Waals surface area contributed by atoms with Crippen LogP contribution in [0.1, 0.15) is 44.7 Å². The van der Waals surface area contributed by atoms with E-state index < -0.39 is 5.60 Å². The number of fused-ring (bicyclic) bond motifs is 1. The number of nitrogen functional groups attached to an aromatic ring is 2. The molecule has 1 heterocycles. The summed E-state index contributed by atoms with van der Waals surface area (Å²) in [5.74, 6) is 0.416. The van der Waals surface area contributed by atoms with Crippen molar-refractivity contribution < 1.29 is 9.53 Å². The highest BCUT2D eigenvalue weighted by atomic mass is 16.6. The van der Waals surface area contributed by atoms with E-state index in [0.29, 0.717) is 0 Å². The van der Waals surface area contributed by atoms with Gasteiger partial charge in [0.15, 0.2) is 0 Å². The number of nitrogens with one attached hydrogen (secondary N) is 1. The molecule has 0 spiro atoms. The van der Waals surface area contributed by atoms with E-state index in [2.05, 4.69) is 27.5 Å². The summed E-state index contributed by atoms with van der Waals surface area (Å²) in [7, 11) is 0. The van der Waals surface area contributed by atoms with Crippen molar-refractivity contribution in [3.05, 3.63) is 29.3 Å². The van der Waals surface area contributed by atoms with Gasteiger partial charge in [0.25, 0.3) is 0 Å². The highest BCUT2D eigenvalue weighted by Gasteiger charge is 2.22. The lowest BCUT2D eigenvalue weighted by atomic mass is 10.0. The molecule has 0 bridgehead atoms. The molecule has 5 N–H and O–H groups in total. The number of anilines is 2. The average Bonchev–Trinajstić information content (AvgIpc) is 2.75. The first-order chi connectivity index (χ1) is 12.2. The third-order valence-electron chi connectivity index (χ3n) is 4.33. The summed E-state index contributed by atoms with van der Waals surface area (Å²) in [5, 5.41) is 7.11. The zero-order valence-corrected chi connectivity index (χ0v) is 15.5. The number of carbonyl (C=O) groups is 1. The van der Waals surface area contributed by atoms with Crippen molar-refractivity contribution in [3.8, 4) is 5.69 Å². The molecule has 0 saturated heterocycles. The van der Waals surface area contributed by atoms with Gasteiger partial charge in [-0.15, -0.1) is 5.10 Å². The number of amides is 1. The summed E-state index contributed by atoms with van der Waals surface area (Å²) in [6, 6.07) is 6.20. The van der Waals surface area contributed by atoms with Gasteiger partial charge in [-0.25, -0.2) is 4.79 Å². The van der Waals surface area contributed by atoms with Gasteiger partial charge in [-0.05, 0) is 69.7 Å². The van der Waals surface area contributed by atoms with Gasteiger partial charge in [-0.2, -0.15) is 9.67 Å². The normalized spacial score (nSPS) is 17.3. The molecule has 0 saturated carbocycles. The van der Waals surface area contributed by atoms with Crippen LogP contribution in [0.2, 0.25) is 0 Å². The Morgan fingerprint density at radius 3 is 2.54 bits per heavy atom. The monoisotopic (exact) mass is 358 g/mol. The van der Waals surface area contributed by atoms with E-state index in [9.17, 15) is 4.79 Å². The van der Waals surface area contributed by atoms with Crippen molar-refractivity contribution >= 4 is 18.0 Å². The zero-order chi connectivity index (χ0) is 18.9. The Bertz CT molecular complexity index is 808. The molecule has 0 fully saturated rings. The van der Waals surface area contributed by atoms with Gasteiger partial charge in [-0.1, -0.05) is 6.07 Å². The summed E-state index contributed by atoms with van der Waals surface area (Å²) in [6.07, 6.45) is 3.12. The van der Waals surface area contributed by atoms with Crippen LogP contribution in [0, 0.1) is 0 Å². The Kier molecular flexibility index (Phi) is 4.76. The van der Waals surface area contributed by atoms with Crippen molar-refractivity contribution in [1.29, 1.82) is 0 Å². The van der Waals surface area contributed by atoms with Crippen LogP contribution in [0.5, 0.6) is 0 Å². The van der Waals surface area contributed by atoms with E-state index in [1.54, 1.807) is 0 Å². The molecule has 26 heavy (non-hydrogen) atoms. The molecule has 2 aromatic rings. The van der Waals surface area contributed by atoms with E-state index in [4.69, 9.17) is 16.2 Å². The maximum absolute atomic E-state index is 12.0. The molecule has 140 valence electrons. The fourth-order valence-electron chi connectivity index (χ4n) is 3.17. The van der Waals surface area contributed by atoms with Gasteiger partial charge in [0, 0.05) is 6.04 Å². The van der Waals surface area contributed by atoms with Crippen molar-refractivity contribution in [2.45, 2.75) is 58.1 Å². The number of hydrogen-bond acceptors (Lipinski definition) is 6. The fourth-order valence-corrected chi connectivity index (χ4v) is 3.17. The van der Waals surface area contributed by atoms with Gasteiger partial charge in [0.1, 0.15) is 5.60 Å². The standard InChI is InChI=1S/C18H26N6O2/c1-18(2,3)26-17(25)21-13-7-4-11-6-9-14(10-12(11)5-8-13)24-16(20)22-15(19)23-24/h6,9-10,13H,4-5,7-8H2,1-3H3,(H,21,25)(H4,19,20,22,23)/t13-/m0/s1. The first-order valence-corrected chi connectivity index (χ1v) is 8.81. The Hall–Kier alpha value is -2.77. The second-order valence-electron chi connectivity index (χ2n) is 7.61. The predicted molar refractivity (Wildman–Crippen MR) is 100.0 cm³/mol. The molecule has 8 nitrogen and oxygen atoms in total. The number of aromatic nitrogens is 3. The third-order valence-corrected chi connectivity index (χ3v) is 4.33. The number of alkyl carbamates (subject to hydrolysis) is 1. The Morgan fingerprint density at radius 2 is 1.92 bits per heavy atom. The number of rotatable bonds is 2. The maximum Gasteiger partial charge on any atom is 0.407 e. The largest absolute Gasteiger partial charge is 0.444 e. The number of carbonyl (C=O) groups excluding carboxylic acids is 1. The highest BCUT2D eigenvalue weighted by molar-refractivity contribution is 5.68. The molecule has 0 radical (unpaired) electrons. The summed E-state index contributed by atoms with van der Waals surface area (Å²) in [4.78, 5) is 16.0. The molecule has 8 heteroatoms. The molecule has 1 amide bonds. The van der Waals surface area contributed by atoms with Gasteiger partial charge < -0.3 is 21.5 Å². The van der Waals surface area contributed by atoms with E-state index in [0.717, 1.165) is 31.4 Å². The Labute approximate surface area is 152 Å². The van der Waals surface area contributed by atoms with Gasteiger partial charge in [-0.3, -0.25) is 0 Å². The first-order valence-electron chi connectivity index (χ1n) is 8.81. The smallest absolute Gasteiger partial charge is 0.407 e. The van der Waals surface area contributed by atoms with Gasteiger partial charge >= 0.3 is 6.09 Å². The molecule has 3 rings (SSSR count). The predicted octanol–water partition coefficient (Wildman–Crippen LogP) is 2.20. The van der Waals surface area contributed by atoms with Crippen LogP contribution in [0.3, 0.4) is 0 Å². The topological polar surface area (TPSA) is 121 Å². The lowest BCUT2D eigenvalue weighted by Gasteiger charge is -2.22. The van der Waals surface area contributed by atoms with Crippen LogP contribution >= 0.6 is 0 Å². The minimum atomic E-state index is -0.494. The molecule has 1 aliphatic rings. The van der Waals surface area contributed by atoms with Crippen molar-refractivity contribution in [3.63, 3.8) is 0 Å². The number of hydrogen-bond donors (Lipinski definition) is 3. The number of nitrogens with two attached hydrogens (primary N) is 2. The molecule has 0 aliphatic heterocycles. The third kappa shape index (κ3) is 4.25.